The fourth-order valence-electron chi connectivity index (χ4n) is 1.88. The number of hydrogen-bond acceptors (Lipinski definition) is 4. The summed E-state index contributed by atoms with van der Waals surface area (Å²) in [6, 6.07) is 4.00. The molecule has 5 nitrogen and oxygen atoms in total. The zero-order chi connectivity index (χ0) is 19.6. The molecule has 0 atom stereocenters. The van der Waals surface area contributed by atoms with Crippen LogP contribution >= 0.6 is 0 Å². The van der Waals surface area contributed by atoms with E-state index in [1.54, 1.807) is 0 Å². The number of hydrogen-bond donors (Lipinski definition) is 1. The Morgan fingerprint density at radius 1 is 0.885 bits per heavy atom. The van der Waals surface area contributed by atoms with Gasteiger partial charge in [0.25, 0.3) is 0 Å². The molecular formula is C14H7F6NO4S. The fourth-order valence-corrected chi connectivity index (χ4v) is 2.22. The summed E-state index contributed by atoms with van der Waals surface area (Å²) in [6.45, 7) is 0. The van der Waals surface area contributed by atoms with Gasteiger partial charge in [-0.3, -0.25) is 4.79 Å². The molecule has 0 aliphatic carbocycles. The third kappa shape index (κ3) is 4.45. The summed E-state index contributed by atoms with van der Waals surface area (Å²) in [6.07, 6.45) is -1.16. The lowest BCUT2D eigenvalue weighted by Gasteiger charge is -2.09. The first-order chi connectivity index (χ1) is 12.0. The maximum atomic E-state index is 13.5. The third-order valence-electron chi connectivity index (χ3n) is 2.97. The summed E-state index contributed by atoms with van der Waals surface area (Å²) in [5.41, 5.74) is -1.36. The number of anilines is 1. The van der Waals surface area contributed by atoms with E-state index in [-0.39, 0.29) is 5.69 Å². The zero-order valence-electron chi connectivity index (χ0n) is 12.3. The van der Waals surface area contributed by atoms with Crippen LogP contribution in [0.4, 0.5) is 31.5 Å². The fraction of sp³-hybridized carbons (Fsp3) is 0.0714. The van der Waals surface area contributed by atoms with Gasteiger partial charge < -0.3 is 9.50 Å². The predicted molar refractivity (Wildman–Crippen MR) is 75.7 cm³/mol. The molecule has 0 saturated heterocycles. The molecule has 2 rings (SSSR count). The van der Waals surface area contributed by atoms with E-state index in [9.17, 15) is 39.1 Å². The van der Waals surface area contributed by atoms with Gasteiger partial charge in [0.05, 0.1) is 6.42 Å². The molecule has 0 fully saturated rings. The standard InChI is InChI=1S/C14H7F6NO4S/c15-10-8(11(16)13(18)14(19)12(10)17)5-9(22)21-6-1-3-7(4-2-6)25-26(20,23)24/h1-4H,5H2,(H,21,22). The Hall–Kier alpha value is -2.76. The summed E-state index contributed by atoms with van der Waals surface area (Å²) in [7, 11) is -5.25. The normalized spacial score (nSPS) is 11.3. The van der Waals surface area contributed by atoms with Gasteiger partial charge in [-0.1, -0.05) is 3.89 Å². The highest BCUT2D eigenvalue weighted by Gasteiger charge is 2.26. The Morgan fingerprint density at radius 3 is 1.81 bits per heavy atom. The maximum absolute atomic E-state index is 13.5. The van der Waals surface area contributed by atoms with E-state index in [2.05, 4.69) is 9.50 Å². The van der Waals surface area contributed by atoms with E-state index in [1.165, 1.54) is 0 Å². The number of carbonyl (C=O) groups is 1. The van der Waals surface area contributed by atoms with Crippen LogP contribution in [0.15, 0.2) is 24.3 Å². The minimum Gasteiger partial charge on any atom is -0.358 e. The quantitative estimate of drug-likeness (QED) is 0.363. The molecule has 1 amide bonds. The van der Waals surface area contributed by atoms with Crippen molar-refractivity contribution < 1.29 is 43.2 Å². The second-order valence-electron chi connectivity index (χ2n) is 4.77. The highest BCUT2D eigenvalue weighted by molar-refractivity contribution is 7.81. The molecule has 12 heteroatoms. The van der Waals surface area contributed by atoms with E-state index < -0.39 is 63.2 Å². The molecule has 26 heavy (non-hydrogen) atoms. The minimum absolute atomic E-state index is 0.0394. The third-order valence-corrected chi connectivity index (χ3v) is 3.36. The monoisotopic (exact) mass is 399 g/mol. The van der Waals surface area contributed by atoms with Crippen molar-refractivity contribution in [3.63, 3.8) is 0 Å². The van der Waals surface area contributed by atoms with Crippen molar-refractivity contribution in [2.45, 2.75) is 6.42 Å². The van der Waals surface area contributed by atoms with Crippen LogP contribution in [0.25, 0.3) is 0 Å². The number of halogens is 6. The molecule has 0 aliphatic rings. The molecule has 2 aromatic carbocycles. The van der Waals surface area contributed by atoms with Gasteiger partial charge in [-0.15, -0.1) is 0 Å². The Morgan fingerprint density at radius 2 is 1.35 bits per heavy atom. The van der Waals surface area contributed by atoms with Crippen LogP contribution in [-0.2, 0) is 21.7 Å². The van der Waals surface area contributed by atoms with E-state index in [0.717, 1.165) is 24.3 Å². The van der Waals surface area contributed by atoms with Crippen LogP contribution in [0.1, 0.15) is 5.56 Å². The molecule has 2 aromatic rings. The first-order valence-electron chi connectivity index (χ1n) is 6.54. The first kappa shape index (κ1) is 19.6. The van der Waals surface area contributed by atoms with Gasteiger partial charge in [0, 0.05) is 11.3 Å². The molecule has 0 aromatic heterocycles. The van der Waals surface area contributed by atoms with Gasteiger partial charge >= 0.3 is 10.5 Å². The zero-order valence-corrected chi connectivity index (χ0v) is 13.1. The lowest BCUT2D eigenvalue weighted by atomic mass is 10.1. The Kier molecular flexibility index (Phi) is 5.44. The highest BCUT2D eigenvalue weighted by atomic mass is 32.3. The van der Waals surface area contributed by atoms with Crippen molar-refractivity contribution in [3.05, 3.63) is 58.9 Å². The average molecular weight is 399 g/mol. The Balaban J connectivity index is 2.15. The first-order valence-corrected chi connectivity index (χ1v) is 7.84. The Bertz CT molecular complexity index is 933. The van der Waals surface area contributed by atoms with Crippen molar-refractivity contribution in [2.24, 2.45) is 0 Å². The van der Waals surface area contributed by atoms with Gasteiger partial charge in [0.15, 0.2) is 23.3 Å². The van der Waals surface area contributed by atoms with E-state index in [0.29, 0.717) is 0 Å². The van der Waals surface area contributed by atoms with Crippen molar-refractivity contribution in [1.29, 1.82) is 0 Å². The molecule has 0 bridgehead atoms. The van der Waals surface area contributed by atoms with Crippen LogP contribution in [-0.4, -0.2) is 14.3 Å². The molecule has 0 saturated carbocycles. The van der Waals surface area contributed by atoms with E-state index in [1.807, 2.05) is 0 Å². The largest absolute Gasteiger partial charge is 0.488 e. The molecule has 140 valence electrons. The lowest BCUT2D eigenvalue weighted by molar-refractivity contribution is -0.115. The summed E-state index contributed by atoms with van der Waals surface area (Å²) in [4.78, 5) is 11.7. The van der Waals surface area contributed by atoms with Crippen LogP contribution in [0.3, 0.4) is 0 Å². The molecular weight excluding hydrogens is 392 g/mol. The summed E-state index contributed by atoms with van der Waals surface area (Å²) >= 11 is 0. The minimum atomic E-state index is -5.25. The second kappa shape index (κ2) is 7.23. The molecule has 0 aliphatic heterocycles. The van der Waals surface area contributed by atoms with Crippen LogP contribution in [0.2, 0.25) is 0 Å². The van der Waals surface area contributed by atoms with Crippen LogP contribution in [0, 0.1) is 29.1 Å². The van der Waals surface area contributed by atoms with Crippen molar-refractivity contribution in [1.82, 2.24) is 0 Å². The number of amides is 1. The van der Waals surface area contributed by atoms with Gasteiger partial charge in [-0.2, -0.15) is 8.42 Å². The topological polar surface area (TPSA) is 72.5 Å². The van der Waals surface area contributed by atoms with E-state index in [4.69, 9.17) is 0 Å². The molecule has 0 radical (unpaired) electrons. The van der Waals surface area contributed by atoms with Crippen molar-refractivity contribution in [3.8, 4) is 5.75 Å². The summed E-state index contributed by atoms with van der Waals surface area (Å²) in [5.74, 6) is -12.5. The number of benzene rings is 2. The van der Waals surface area contributed by atoms with Crippen molar-refractivity contribution in [2.75, 3.05) is 5.32 Å². The molecule has 0 unspecified atom stereocenters. The summed E-state index contributed by atoms with van der Waals surface area (Å²) < 4.78 is 103. The Labute approximate surface area is 142 Å². The van der Waals surface area contributed by atoms with Gasteiger partial charge in [-0.05, 0) is 24.3 Å². The van der Waals surface area contributed by atoms with Crippen LogP contribution in [0.5, 0.6) is 5.75 Å². The number of carbonyl (C=O) groups excluding carboxylic acids is 1. The highest BCUT2D eigenvalue weighted by Crippen LogP contribution is 2.24. The van der Waals surface area contributed by atoms with Gasteiger partial charge in [-0.25, -0.2) is 22.0 Å². The van der Waals surface area contributed by atoms with E-state index >= 15 is 0 Å². The second-order valence-corrected chi connectivity index (χ2v) is 5.73. The van der Waals surface area contributed by atoms with Gasteiger partial charge in [0.1, 0.15) is 5.75 Å². The number of rotatable bonds is 5. The summed E-state index contributed by atoms with van der Waals surface area (Å²) in [5, 5.41) is 2.08. The van der Waals surface area contributed by atoms with Gasteiger partial charge in [0.2, 0.25) is 11.7 Å². The molecule has 0 heterocycles. The molecule has 1 N–H and O–H groups in total. The van der Waals surface area contributed by atoms with Crippen molar-refractivity contribution >= 4 is 22.1 Å². The van der Waals surface area contributed by atoms with Crippen LogP contribution < -0.4 is 9.50 Å². The predicted octanol–water partition coefficient (Wildman–Crippen LogP) is 3.16. The molecule has 0 spiro atoms. The SMILES string of the molecule is O=C(Cc1c(F)c(F)c(F)c(F)c1F)Nc1ccc(OS(=O)(=O)F)cc1. The number of nitrogens with one attached hydrogen (secondary N) is 1. The smallest absolute Gasteiger partial charge is 0.358 e. The maximum Gasteiger partial charge on any atom is 0.488 e. The lowest BCUT2D eigenvalue weighted by Crippen LogP contribution is -2.18. The average Bonchev–Trinajstić information content (AvgIpc) is 2.55.